The average molecular weight is 257 g/mol. The van der Waals surface area contributed by atoms with Crippen molar-refractivity contribution >= 4 is 0 Å². The SMILES string of the molecule is NC(CO)c1cncn1C1CCCc2ccccc21. The molecular formula is C15H19N3O. The molecule has 1 heterocycles. The first-order valence-electron chi connectivity index (χ1n) is 6.77. The Kier molecular flexibility index (Phi) is 3.36. The Morgan fingerprint density at radius 3 is 3.11 bits per heavy atom. The van der Waals surface area contributed by atoms with Crippen molar-refractivity contribution in [3.8, 4) is 0 Å². The van der Waals surface area contributed by atoms with Crippen LogP contribution < -0.4 is 5.73 Å². The van der Waals surface area contributed by atoms with Crippen LogP contribution in [0.5, 0.6) is 0 Å². The van der Waals surface area contributed by atoms with Crippen molar-refractivity contribution in [3.63, 3.8) is 0 Å². The van der Waals surface area contributed by atoms with Crippen LogP contribution in [-0.2, 0) is 6.42 Å². The maximum absolute atomic E-state index is 9.26. The van der Waals surface area contributed by atoms with Gasteiger partial charge in [0.1, 0.15) is 0 Å². The largest absolute Gasteiger partial charge is 0.394 e. The minimum atomic E-state index is -0.364. The quantitative estimate of drug-likeness (QED) is 0.881. The van der Waals surface area contributed by atoms with Gasteiger partial charge in [-0.25, -0.2) is 4.98 Å². The second-order valence-electron chi connectivity index (χ2n) is 5.12. The summed E-state index contributed by atoms with van der Waals surface area (Å²) in [5.74, 6) is 0. The second-order valence-corrected chi connectivity index (χ2v) is 5.12. The minimum Gasteiger partial charge on any atom is -0.394 e. The number of aliphatic hydroxyl groups is 1. The highest BCUT2D eigenvalue weighted by molar-refractivity contribution is 5.33. The van der Waals surface area contributed by atoms with Crippen molar-refractivity contribution in [2.45, 2.75) is 31.3 Å². The van der Waals surface area contributed by atoms with Gasteiger partial charge in [-0.05, 0) is 30.4 Å². The van der Waals surface area contributed by atoms with E-state index in [4.69, 9.17) is 5.73 Å². The molecule has 0 saturated carbocycles. The second kappa shape index (κ2) is 5.15. The molecule has 0 fully saturated rings. The lowest BCUT2D eigenvalue weighted by Crippen LogP contribution is -2.23. The zero-order chi connectivity index (χ0) is 13.2. The highest BCUT2D eigenvalue weighted by Gasteiger charge is 2.24. The van der Waals surface area contributed by atoms with E-state index in [0.717, 1.165) is 18.5 Å². The molecule has 0 bridgehead atoms. The number of nitrogens with two attached hydrogens (primary N) is 1. The van der Waals surface area contributed by atoms with Crippen molar-refractivity contribution in [2.75, 3.05) is 6.61 Å². The molecule has 1 aromatic heterocycles. The third-order valence-corrected chi connectivity index (χ3v) is 3.95. The molecule has 2 unspecified atom stereocenters. The Labute approximate surface area is 112 Å². The molecule has 1 aromatic carbocycles. The standard InChI is InChI=1S/C15H19N3O/c16-13(9-19)15-8-17-10-18(15)14-7-3-5-11-4-1-2-6-12(11)14/h1-2,4,6,8,10,13-14,19H,3,5,7,9,16H2. The van der Waals surface area contributed by atoms with E-state index in [1.54, 1.807) is 6.20 Å². The number of aliphatic hydroxyl groups excluding tert-OH is 1. The van der Waals surface area contributed by atoms with Crippen LogP contribution in [0.25, 0.3) is 0 Å². The summed E-state index contributed by atoms with van der Waals surface area (Å²) in [5, 5.41) is 9.26. The van der Waals surface area contributed by atoms with Crippen LogP contribution in [0, 0.1) is 0 Å². The molecule has 3 N–H and O–H groups in total. The molecule has 0 saturated heterocycles. The molecule has 1 aliphatic carbocycles. The Morgan fingerprint density at radius 2 is 2.26 bits per heavy atom. The number of imidazole rings is 1. The molecule has 100 valence electrons. The van der Waals surface area contributed by atoms with Gasteiger partial charge in [0.05, 0.1) is 30.7 Å². The fourth-order valence-corrected chi connectivity index (χ4v) is 2.97. The van der Waals surface area contributed by atoms with Crippen LogP contribution in [0.3, 0.4) is 0 Å². The molecule has 3 rings (SSSR count). The van der Waals surface area contributed by atoms with E-state index in [2.05, 4.69) is 33.8 Å². The maximum atomic E-state index is 9.26. The van der Waals surface area contributed by atoms with Gasteiger partial charge >= 0.3 is 0 Å². The van der Waals surface area contributed by atoms with Crippen LogP contribution in [0.2, 0.25) is 0 Å². The summed E-state index contributed by atoms with van der Waals surface area (Å²) in [4.78, 5) is 4.21. The predicted molar refractivity (Wildman–Crippen MR) is 73.8 cm³/mol. The Morgan fingerprint density at radius 1 is 1.42 bits per heavy atom. The summed E-state index contributed by atoms with van der Waals surface area (Å²) in [7, 11) is 0. The van der Waals surface area contributed by atoms with Gasteiger partial charge in [0.25, 0.3) is 0 Å². The van der Waals surface area contributed by atoms with E-state index in [1.807, 2.05) is 6.33 Å². The zero-order valence-electron chi connectivity index (χ0n) is 10.9. The first-order chi connectivity index (χ1) is 9.31. The third kappa shape index (κ3) is 2.17. The monoisotopic (exact) mass is 257 g/mol. The van der Waals surface area contributed by atoms with Crippen LogP contribution in [0.1, 0.15) is 41.7 Å². The van der Waals surface area contributed by atoms with Gasteiger partial charge in [-0.15, -0.1) is 0 Å². The van der Waals surface area contributed by atoms with Crippen molar-refractivity contribution in [3.05, 3.63) is 53.6 Å². The third-order valence-electron chi connectivity index (χ3n) is 3.95. The smallest absolute Gasteiger partial charge is 0.0954 e. The van der Waals surface area contributed by atoms with Crippen molar-refractivity contribution in [1.29, 1.82) is 0 Å². The molecule has 2 atom stereocenters. The zero-order valence-corrected chi connectivity index (χ0v) is 10.9. The highest BCUT2D eigenvalue weighted by atomic mass is 16.3. The fraction of sp³-hybridized carbons (Fsp3) is 0.400. The summed E-state index contributed by atoms with van der Waals surface area (Å²) in [5.41, 5.74) is 9.63. The van der Waals surface area contributed by atoms with Crippen LogP contribution in [0.4, 0.5) is 0 Å². The predicted octanol–water partition coefficient (Wildman–Crippen LogP) is 1.80. The van der Waals surface area contributed by atoms with Gasteiger partial charge in [-0.2, -0.15) is 0 Å². The number of aromatic nitrogens is 2. The lowest BCUT2D eigenvalue weighted by molar-refractivity contribution is 0.261. The number of benzene rings is 1. The molecule has 0 amide bonds. The Balaban J connectivity index is 2.02. The van der Waals surface area contributed by atoms with Gasteiger partial charge in [0, 0.05) is 6.20 Å². The van der Waals surface area contributed by atoms with Gasteiger partial charge in [0.2, 0.25) is 0 Å². The number of aryl methyl sites for hydroxylation is 1. The molecule has 19 heavy (non-hydrogen) atoms. The van der Waals surface area contributed by atoms with E-state index in [1.165, 1.54) is 17.5 Å². The van der Waals surface area contributed by atoms with E-state index in [-0.39, 0.29) is 12.6 Å². The van der Waals surface area contributed by atoms with Crippen molar-refractivity contribution in [1.82, 2.24) is 9.55 Å². The van der Waals surface area contributed by atoms with Crippen molar-refractivity contribution < 1.29 is 5.11 Å². The molecule has 4 heteroatoms. The van der Waals surface area contributed by atoms with Crippen LogP contribution in [0.15, 0.2) is 36.8 Å². The lowest BCUT2D eigenvalue weighted by Gasteiger charge is -2.28. The Hall–Kier alpha value is -1.65. The van der Waals surface area contributed by atoms with E-state index in [0.29, 0.717) is 6.04 Å². The molecule has 0 spiro atoms. The molecule has 0 radical (unpaired) electrons. The summed E-state index contributed by atoms with van der Waals surface area (Å²) in [6, 6.07) is 8.49. The van der Waals surface area contributed by atoms with Gasteiger partial charge in [-0.1, -0.05) is 24.3 Å². The van der Waals surface area contributed by atoms with Crippen LogP contribution >= 0.6 is 0 Å². The summed E-state index contributed by atoms with van der Waals surface area (Å²) in [6.45, 7) is -0.0555. The van der Waals surface area contributed by atoms with Crippen LogP contribution in [-0.4, -0.2) is 21.3 Å². The van der Waals surface area contributed by atoms with Gasteiger partial charge < -0.3 is 15.4 Å². The number of rotatable bonds is 3. The number of fused-ring (bicyclic) bond motifs is 1. The van der Waals surface area contributed by atoms with Gasteiger partial charge in [-0.3, -0.25) is 0 Å². The number of nitrogens with zero attached hydrogens (tertiary/aromatic N) is 2. The molecule has 1 aliphatic rings. The molecular weight excluding hydrogens is 238 g/mol. The average Bonchev–Trinajstić information content (AvgIpc) is 2.95. The number of hydrogen-bond donors (Lipinski definition) is 2. The van der Waals surface area contributed by atoms with E-state index in [9.17, 15) is 5.11 Å². The Bertz CT molecular complexity index is 564. The first-order valence-corrected chi connectivity index (χ1v) is 6.77. The highest BCUT2D eigenvalue weighted by Crippen LogP contribution is 2.34. The lowest BCUT2D eigenvalue weighted by atomic mass is 9.87. The molecule has 2 aromatic rings. The minimum absolute atomic E-state index is 0.0555. The van der Waals surface area contributed by atoms with Crippen molar-refractivity contribution in [2.24, 2.45) is 5.73 Å². The molecule has 0 aliphatic heterocycles. The van der Waals surface area contributed by atoms with E-state index >= 15 is 0 Å². The first kappa shape index (κ1) is 12.4. The topological polar surface area (TPSA) is 64.1 Å². The number of hydrogen-bond acceptors (Lipinski definition) is 3. The normalized spacial score (nSPS) is 20.0. The summed E-state index contributed by atoms with van der Waals surface area (Å²) in [6.07, 6.45) is 7.00. The summed E-state index contributed by atoms with van der Waals surface area (Å²) < 4.78 is 2.12. The fourth-order valence-electron chi connectivity index (χ4n) is 2.97. The van der Waals surface area contributed by atoms with E-state index < -0.39 is 0 Å². The summed E-state index contributed by atoms with van der Waals surface area (Å²) >= 11 is 0. The van der Waals surface area contributed by atoms with Gasteiger partial charge in [0.15, 0.2) is 0 Å². The molecule has 4 nitrogen and oxygen atoms in total. The maximum Gasteiger partial charge on any atom is 0.0954 e.